The summed E-state index contributed by atoms with van der Waals surface area (Å²) in [4.78, 5) is 0. The van der Waals surface area contributed by atoms with E-state index in [0.29, 0.717) is 15.2 Å². The van der Waals surface area contributed by atoms with Crippen LogP contribution < -0.4 is 5.73 Å². The van der Waals surface area contributed by atoms with Crippen LogP contribution in [0.4, 0.5) is 0 Å². The first-order chi connectivity index (χ1) is 7.58. The van der Waals surface area contributed by atoms with Crippen molar-refractivity contribution >= 4 is 45.8 Å². The van der Waals surface area contributed by atoms with Crippen molar-refractivity contribution in [2.45, 2.75) is 0 Å². The molecular weight excluding hydrogens is 265 g/mol. The monoisotopic (exact) mass is 273 g/mol. The van der Waals surface area contributed by atoms with Gasteiger partial charge in [-0.25, -0.2) is 0 Å². The van der Waals surface area contributed by atoms with Crippen molar-refractivity contribution in [1.82, 2.24) is 5.01 Å². The highest BCUT2D eigenvalue weighted by Crippen LogP contribution is 2.30. The molecule has 3 nitrogen and oxygen atoms in total. The van der Waals surface area contributed by atoms with E-state index in [9.17, 15) is 0 Å². The van der Waals surface area contributed by atoms with Gasteiger partial charge in [0.05, 0.1) is 15.7 Å². The first-order valence-corrected chi connectivity index (χ1v) is 6.11. The van der Waals surface area contributed by atoms with Crippen molar-refractivity contribution in [1.29, 1.82) is 0 Å². The lowest BCUT2D eigenvalue weighted by Crippen LogP contribution is -2.19. The maximum absolute atomic E-state index is 5.96. The number of hydrogen-bond donors (Lipinski definition) is 1. The lowest BCUT2D eigenvalue weighted by molar-refractivity contribution is 0.517. The third-order valence-electron chi connectivity index (χ3n) is 2.10. The third-order valence-corrected chi connectivity index (χ3v) is 3.51. The summed E-state index contributed by atoms with van der Waals surface area (Å²) in [7, 11) is 1.83. The van der Waals surface area contributed by atoms with E-state index < -0.39 is 0 Å². The average Bonchev–Trinajstić information content (AvgIpc) is 2.22. The van der Waals surface area contributed by atoms with Crippen LogP contribution in [-0.4, -0.2) is 17.2 Å². The molecule has 1 aliphatic heterocycles. The fourth-order valence-corrected chi connectivity index (χ4v) is 2.32. The van der Waals surface area contributed by atoms with Crippen LogP contribution >= 0.6 is 35.0 Å². The van der Waals surface area contributed by atoms with Gasteiger partial charge in [-0.3, -0.25) is 5.01 Å². The molecule has 0 amide bonds. The molecule has 1 aromatic carbocycles. The minimum absolute atomic E-state index is 0.520. The van der Waals surface area contributed by atoms with E-state index in [1.165, 1.54) is 11.8 Å². The van der Waals surface area contributed by atoms with Crippen LogP contribution in [-0.2, 0) is 0 Å². The summed E-state index contributed by atoms with van der Waals surface area (Å²) >= 11 is 13.2. The largest absolute Gasteiger partial charge is 0.377 e. The fourth-order valence-electron chi connectivity index (χ4n) is 1.33. The third kappa shape index (κ3) is 2.29. The molecule has 1 aromatic rings. The van der Waals surface area contributed by atoms with Crippen molar-refractivity contribution < 1.29 is 0 Å². The first-order valence-electron chi connectivity index (χ1n) is 4.48. The standard InChI is InChI=1S/C10H9Cl2N3S/c1-15-9(5-16-10(13)14-15)6-2-3-7(11)8(12)4-6/h2-5H,1H3,(H2,13,14). The Morgan fingerprint density at radius 1 is 1.31 bits per heavy atom. The molecule has 0 bridgehead atoms. The van der Waals surface area contributed by atoms with E-state index in [0.717, 1.165) is 11.3 Å². The fraction of sp³-hybridized carbons (Fsp3) is 0.100. The number of benzene rings is 1. The molecule has 16 heavy (non-hydrogen) atoms. The lowest BCUT2D eigenvalue weighted by Gasteiger charge is -2.21. The van der Waals surface area contributed by atoms with Crippen LogP contribution in [0.15, 0.2) is 28.7 Å². The SMILES string of the molecule is CN1N=C(N)SC=C1c1ccc(Cl)c(Cl)c1. The molecule has 0 atom stereocenters. The Labute approximate surface area is 108 Å². The van der Waals surface area contributed by atoms with Crippen molar-refractivity contribution in [3.8, 4) is 0 Å². The number of thioether (sulfide) groups is 1. The Morgan fingerprint density at radius 3 is 2.69 bits per heavy atom. The molecular formula is C10H9Cl2N3S. The minimum atomic E-state index is 0.520. The molecule has 0 aliphatic carbocycles. The molecule has 0 saturated heterocycles. The van der Waals surface area contributed by atoms with Crippen molar-refractivity contribution in [3.63, 3.8) is 0 Å². The van der Waals surface area contributed by atoms with Crippen LogP contribution in [0, 0.1) is 0 Å². The molecule has 6 heteroatoms. The van der Waals surface area contributed by atoms with E-state index >= 15 is 0 Å². The summed E-state index contributed by atoms with van der Waals surface area (Å²) in [6, 6.07) is 5.47. The summed E-state index contributed by atoms with van der Waals surface area (Å²) in [6.45, 7) is 0. The molecule has 0 unspecified atom stereocenters. The van der Waals surface area contributed by atoms with E-state index in [1.807, 2.05) is 24.6 Å². The van der Waals surface area contributed by atoms with E-state index in [2.05, 4.69) is 5.10 Å². The highest BCUT2D eigenvalue weighted by Gasteiger charge is 2.13. The van der Waals surface area contributed by atoms with Crippen LogP contribution in [0.3, 0.4) is 0 Å². The number of amidine groups is 1. The highest BCUT2D eigenvalue weighted by molar-refractivity contribution is 8.16. The van der Waals surface area contributed by atoms with Gasteiger partial charge < -0.3 is 5.73 Å². The molecule has 1 aliphatic rings. The van der Waals surface area contributed by atoms with Crippen LogP contribution in [0.1, 0.15) is 5.56 Å². The number of nitrogens with zero attached hydrogens (tertiary/aromatic N) is 2. The predicted molar refractivity (Wildman–Crippen MR) is 71.4 cm³/mol. The summed E-state index contributed by atoms with van der Waals surface area (Å²) in [5, 5.41) is 9.38. The summed E-state index contributed by atoms with van der Waals surface area (Å²) < 4.78 is 0. The Balaban J connectivity index is 2.35. The Hall–Kier alpha value is -0.840. The summed E-state index contributed by atoms with van der Waals surface area (Å²) in [6.07, 6.45) is 0. The van der Waals surface area contributed by atoms with Crippen LogP contribution in [0.5, 0.6) is 0 Å². The molecule has 0 radical (unpaired) electrons. The summed E-state index contributed by atoms with van der Waals surface area (Å²) in [5.74, 6) is 0. The van der Waals surface area contributed by atoms with Gasteiger partial charge in [-0.15, -0.1) is 5.10 Å². The van der Waals surface area contributed by atoms with Crippen LogP contribution in [0.25, 0.3) is 5.70 Å². The molecule has 2 N–H and O–H groups in total. The van der Waals surface area contributed by atoms with E-state index in [1.54, 1.807) is 11.1 Å². The molecule has 84 valence electrons. The second-order valence-electron chi connectivity index (χ2n) is 3.21. The number of hydrogen-bond acceptors (Lipinski definition) is 4. The van der Waals surface area contributed by atoms with Gasteiger partial charge in [-0.2, -0.15) is 0 Å². The zero-order chi connectivity index (χ0) is 11.7. The topological polar surface area (TPSA) is 41.6 Å². The molecule has 0 aromatic heterocycles. The Bertz CT molecular complexity index is 485. The number of rotatable bonds is 1. The van der Waals surface area contributed by atoms with Crippen molar-refractivity contribution in [2.75, 3.05) is 7.05 Å². The van der Waals surface area contributed by atoms with Gasteiger partial charge in [0.15, 0.2) is 5.17 Å². The van der Waals surface area contributed by atoms with Crippen molar-refractivity contribution in [2.24, 2.45) is 10.8 Å². The quantitative estimate of drug-likeness (QED) is 0.855. The number of halogens is 2. The molecule has 2 rings (SSSR count). The van der Waals surface area contributed by atoms with Gasteiger partial charge in [-0.05, 0) is 12.1 Å². The maximum Gasteiger partial charge on any atom is 0.182 e. The summed E-state index contributed by atoms with van der Waals surface area (Å²) in [5.41, 5.74) is 7.50. The smallest absolute Gasteiger partial charge is 0.182 e. The molecule has 0 spiro atoms. The molecule has 0 saturated carbocycles. The maximum atomic E-state index is 5.96. The molecule has 0 fully saturated rings. The predicted octanol–water partition coefficient (Wildman–Crippen LogP) is 3.20. The van der Waals surface area contributed by atoms with Crippen molar-refractivity contribution in [3.05, 3.63) is 39.2 Å². The van der Waals surface area contributed by atoms with Gasteiger partial charge in [0.1, 0.15) is 0 Å². The zero-order valence-electron chi connectivity index (χ0n) is 8.45. The average molecular weight is 274 g/mol. The zero-order valence-corrected chi connectivity index (χ0v) is 10.8. The van der Waals surface area contributed by atoms with E-state index in [-0.39, 0.29) is 0 Å². The first kappa shape index (κ1) is 11.6. The van der Waals surface area contributed by atoms with Crippen LogP contribution in [0.2, 0.25) is 10.0 Å². The number of hydrazone groups is 1. The molecule has 1 heterocycles. The number of nitrogens with two attached hydrogens (primary N) is 1. The van der Waals surface area contributed by atoms with Gasteiger partial charge in [0, 0.05) is 18.0 Å². The minimum Gasteiger partial charge on any atom is -0.377 e. The highest BCUT2D eigenvalue weighted by atomic mass is 35.5. The van der Waals surface area contributed by atoms with Gasteiger partial charge >= 0.3 is 0 Å². The van der Waals surface area contributed by atoms with E-state index in [4.69, 9.17) is 28.9 Å². The van der Waals surface area contributed by atoms with Gasteiger partial charge in [0.2, 0.25) is 0 Å². The Morgan fingerprint density at radius 2 is 2.06 bits per heavy atom. The Kier molecular flexibility index (Phi) is 3.33. The van der Waals surface area contributed by atoms with Gasteiger partial charge in [-0.1, -0.05) is 41.0 Å². The lowest BCUT2D eigenvalue weighted by atomic mass is 10.2. The second kappa shape index (κ2) is 4.57. The van der Waals surface area contributed by atoms with Gasteiger partial charge in [0.25, 0.3) is 0 Å². The second-order valence-corrected chi connectivity index (χ2v) is 4.92. The normalized spacial score (nSPS) is 15.8.